The first-order valence-electron chi connectivity index (χ1n) is 4.00. The molecule has 1 aromatic carbocycles. The minimum atomic E-state index is 0.638. The molecule has 13 heavy (non-hydrogen) atoms. The Morgan fingerprint density at radius 1 is 1.46 bits per heavy atom. The quantitative estimate of drug-likeness (QED) is 0.648. The highest BCUT2D eigenvalue weighted by molar-refractivity contribution is 5.87. The first-order valence-corrected chi connectivity index (χ1v) is 4.00. The zero-order chi connectivity index (χ0) is 9.42. The van der Waals surface area contributed by atoms with Crippen molar-refractivity contribution in [3.63, 3.8) is 0 Å². The lowest BCUT2D eigenvalue weighted by molar-refractivity contribution is 0.417. The summed E-state index contributed by atoms with van der Waals surface area (Å²) >= 11 is 0. The number of hydrogen-bond donors (Lipinski definition) is 2. The van der Waals surface area contributed by atoms with Crippen molar-refractivity contribution in [1.29, 1.82) is 0 Å². The molecule has 0 saturated carbocycles. The number of nitrogens with one attached hydrogen (secondary N) is 1. The normalized spacial score (nSPS) is 10.6. The van der Waals surface area contributed by atoms with Gasteiger partial charge in [0.25, 0.3) is 0 Å². The number of nitrogens with two attached hydrogens (primary N) is 1. The molecule has 2 rings (SSSR count). The predicted molar refractivity (Wildman–Crippen MR) is 51.8 cm³/mol. The van der Waals surface area contributed by atoms with Gasteiger partial charge in [0.2, 0.25) is 0 Å². The Hall–Kier alpha value is -1.71. The summed E-state index contributed by atoms with van der Waals surface area (Å²) in [6.07, 6.45) is 0. The summed E-state index contributed by atoms with van der Waals surface area (Å²) in [7, 11) is 1.59. The number of fused-ring (bicyclic) bond motifs is 1. The van der Waals surface area contributed by atoms with Crippen LogP contribution in [-0.2, 0) is 0 Å². The number of nitrogens with zero attached hydrogens (tertiary/aromatic N) is 1. The molecular formula is C9H11N3O. The second-order valence-electron chi connectivity index (χ2n) is 2.96. The van der Waals surface area contributed by atoms with Crippen LogP contribution in [0.15, 0.2) is 12.1 Å². The van der Waals surface area contributed by atoms with E-state index >= 15 is 0 Å². The van der Waals surface area contributed by atoms with Gasteiger partial charge in [0.05, 0.1) is 18.3 Å². The number of rotatable bonds is 1. The number of nitrogen functional groups attached to an aromatic ring is 1. The maximum atomic E-state index is 5.76. The number of methoxy groups -OCH3 is 1. The SMILES string of the molecule is COc1cc2n[nH]c(C)c2cc1N. The van der Waals surface area contributed by atoms with Crippen LogP contribution in [0.3, 0.4) is 0 Å². The molecule has 0 bridgehead atoms. The zero-order valence-corrected chi connectivity index (χ0v) is 7.59. The number of aromatic nitrogens is 2. The number of hydrogen-bond acceptors (Lipinski definition) is 3. The minimum absolute atomic E-state index is 0.638. The number of ether oxygens (including phenoxy) is 1. The van der Waals surface area contributed by atoms with Crippen LogP contribution in [0.25, 0.3) is 10.9 Å². The average molecular weight is 177 g/mol. The Balaban J connectivity index is 2.76. The van der Waals surface area contributed by atoms with Crippen molar-refractivity contribution in [3.05, 3.63) is 17.8 Å². The van der Waals surface area contributed by atoms with Gasteiger partial charge in [-0.2, -0.15) is 5.10 Å². The molecule has 1 aromatic heterocycles. The third kappa shape index (κ3) is 1.11. The fraction of sp³-hybridized carbons (Fsp3) is 0.222. The lowest BCUT2D eigenvalue weighted by Crippen LogP contribution is -1.91. The van der Waals surface area contributed by atoms with Gasteiger partial charge < -0.3 is 10.5 Å². The molecule has 1 heterocycles. The third-order valence-corrected chi connectivity index (χ3v) is 2.10. The van der Waals surface area contributed by atoms with Crippen LogP contribution in [0.2, 0.25) is 0 Å². The summed E-state index contributed by atoms with van der Waals surface area (Å²) in [5.74, 6) is 0.666. The highest BCUT2D eigenvalue weighted by Crippen LogP contribution is 2.27. The van der Waals surface area contributed by atoms with Gasteiger partial charge in [-0.05, 0) is 13.0 Å². The summed E-state index contributed by atoms with van der Waals surface area (Å²) in [5.41, 5.74) is 8.29. The lowest BCUT2D eigenvalue weighted by Gasteiger charge is -2.03. The molecule has 0 radical (unpaired) electrons. The average Bonchev–Trinajstić information content (AvgIpc) is 2.47. The molecule has 4 heteroatoms. The number of anilines is 1. The van der Waals surface area contributed by atoms with E-state index in [1.54, 1.807) is 7.11 Å². The second-order valence-corrected chi connectivity index (χ2v) is 2.96. The molecule has 0 aliphatic carbocycles. The Kier molecular flexibility index (Phi) is 1.62. The van der Waals surface area contributed by atoms with Crippen molar-refractivity contribution >= 4 is 16.6 Å². The number of aryl methyl sites for hydroxylation is 1. The first kappa shape index (κ1) is 7.91. The highest BCUT2D eigenvalue weighted by Gasteiger charge is 2.06. The van der Waals surface area contributed by atoms with Gasteiger partial charge in [0.1, 0.15) is 5.75 Å². The number of aromatic amines is 1. The van der Waals surface area contributed by atoms with Crippen molar-refractivity contribution in [2.45, 2.75) is 6.92 Å². The van der Waals surface area contributed by atoms with Crippen molar-refractivity contribution in [1.82, 2.24) is 10.2 Å². The number of H-pyrrole nitrogens is 1. The van der Waals surface area contributed by atoms with Crippen LogP contribution in [0.5, 0.6) is 5.75 Å². The summed E-state index contributed by atoms with van der Waals surface area (Å²) in [6.45, 7) is 1.96. The molecule has 0 atom stereocenters. The Bertz CT molecular complexity index is 447. The summed E-state index contributed by atoms with van der Waals surface area (Å²) in [6, 6.07) is 3.70. The van der Waals surface area contributed by atoms with Crippen molar-refractivity contribution in [3.8, 4) is 5.75 Å². The lowest BCUT2D eigenvalue weighted by atomic mass is 10.2. The summed E-state index contributed by atoms with van der Waals surface area (Å²) in [4.78, 5) is 0. The molecule has 0 fully saturated rings. The topological polar surface area (TPSA) is 63.9 Å². The minimum Gasteiger partial charge on any atom is -0.495 e. The number of benzene rings is 1. The van der Waals surface area contributed by atoms with Crippen molar-refractivity contribution in [2.75, 3.05) is 12.8 Å². The van der Waals surface area contributed by atoms with Gasteiger partial charge in [-0.15, -0.1) is 0 Å². The van der Waals surface area contributed by atoms with E-state index in [1.807, 2.05) is 19.1 Å². The van der Waals surface area contributed by atoms with Crippen LogP contribution in [-0.4, -0.2) is 17.3 Å². The van der Waals surface area contributed by atoms with Gasteiger partial charge in [-0.3, -0.25) is 5.10 Å². The van der Waals surface area contributed by atoms with E-state index in [1.165, 1.54) is 0 Å². The van der Waals surface area contributed by atoms with E-state index < -0.39 is 0 Å². The van der Waals surface area contributed by atoms with E-state index in [-0.39, 0.29) is 0 Å². The molecule has 0 saturated heterocycles. The maximum Gasteiger partial charge on any atom is 0.144 e. The standard InChI is InChI=1S/C9H11N3O/c1-5-6-3-7(10)9(13-2)4-8(6)12-11-5/h3-4H,10H2,1-2H3,(H,11,12). The Labute approximate surface area is 75.7 Å². The van der Waals surface area contributed by atoms with Crippen LogP contribution < -0.4 is 10.5 Å². The van der Waals surface area contributed by atoms with E-state index in [0.717, 1.165) is 16.6 Å². The molecule has 4 nitrogen and oxygen atoms in total. The molecule has 0 amide bonds. The third-order valence-electron chi connectivity index (χ3n) is 2.10. The predicted octanol–water partition coefficient (Wildman–Crippen LogP) is 1.46. The van der Waals surface area contributed by atoms with Crippen LogP contribution in [0.4, 0.5) is 5.69 Å². The second kappa shape index (κ2) is 2.65. The largest absolute Gasteiger partial charge is 0.495 e. The summed E-state index contributed by atoms with van der Waals surface area (Å²) < 4.78 is 5.08. The van der Waals surface area contributed by atoms with Crippen LogP contribution >= 0.6 is 0 Å². The van der Waals surface area contributed by atoms with E-state index in [0.29, 0.717) is 11.4 Å². The van der Waals surface area contributed by atoms with Crippen LogP contribution in [0.1, 0.15) is 5.69 Å². The van der Waals surface area contributed by atoms with E-state index in [4.69, 9.17) is 10.5 Å². The van der Waals surface area contributed by atoms with Crippen molar-refractivity contribution in [2.24, 2.45) is 0 Å². The van der Waals surface area contributed by atoms with Gasteiger partial charge >= 0.3 is 0 Å². The van der Waals surface area contributed by atoms with E-state index in [9.17, 15) is 0 Å². The molecule has 0 unspecified atom stereocenters. The molecule has 68 valence electrons. The molecule has 0 spiro atoms. The zero-order valence-electron chi connectivity index (χ0n) is 7.59. The van der Waals surface area contributed by atoms with Crippen LogP contribution in [0, 0.1) is 6.92 Å². The van der Waals surface area contributed by atoms with Gasteiger partial charge in [-0.25, -0.2) is 0 Å². The van der Waals surface area contributed by atoms with Gasteiger partial charge in [-0.1, -0.05) is 0 Å². The van der Waals surface area contributed by atoms with Crippen molar-refractivity contribution < 1.29 is 4.74 Å². The van der Waals surface area contributed by atoms with Gasteiger partial charge in [0, 0.05) is 17.1 Å². The first-order chi connectivity index (χ1) is 6.22. The maximum absolute atomic E-state index is 5.76. The highest BCUT2D eigenvalue weighted by atomic mass is 16.5. The fourth-order valence-corrected chi connectivity index (χ4v) is 1.36. The smallest absolute Gasteiger partial charge is 0.144 e. The van der Waals surface area contributed by atoms with E-state index in [2.05, 4.69) is 10.2 Å². The summed E-state index contributed by atoms with van der Waals surface area (Å²) in [5, 5.41) is 8.04. The molecule has 0 aliphatic rings. The fourth-order valence-electron chi connectivity index (χ4n) is 1.36. The molecular weight excluding hydrogens is 166 g/mol. The Morgan fingerprint density at radius 2 is 2.23 bits per heavy atom. The molecule has 2 aromatic rings. The molecule has 3 N–H and O–H groups in total. The Morgan fingerprint density at radius 3 is 2.92 bits per heavy atom. The van der Waals surface area contributed by atoms with Gasteiger partial charge in [0.15, 0.2) is 0 Å². The molecule has 0 aliphatic heterocycles. The monoisotopic (exact) mass is 177 g/mol.